The Morgan fingerprint density at radius 2 is 2.00 bits per heavy atom. The molecule has 2 heterocycles. The first-order valence-corrected chi connectivity index (χ1v) is 9.88. The third-order valence-electron chi connectivity index (χ3n) is 4.52. The van der Waals surface area contributed by atoms with E-state index in [2.05, 4.69) is 31.0 Å². The fraction of sp³-hybridized carbons (Fsp3) is 0.591. The minimum absolute atomic E-state index is 0. The van der Waals surface area contributed by atoms with E-state index in [-0.39, 0.29) is 37.1 Å². The minimum atomic E-state index is -0.456. The number of unbranched alkanes of at least 4 members (excludes halogenated alkanes) is 4. The van der Waals surface area contributed by atoms with Gasteiger partial charge < -0.3 is 11.3 Å². The molecule has 140 valence electrons. The molecule has 0 bridgehead atoms. The van der Waals surface area contributed by atoms with Crippen LogP contribution in [-0.4, -0.2) is 22.3 Å². The SMILES string of the molecule is CCCCC/C=C/CC(O)/C=C/c1cccc(C2OC2CCCC)n1.[H-].[Na+]. The van der Waals surface area contributed by atoms with E-state index < -0.39 is 6.10 Å². The summed E-state index contributed by atoms with van der Waals surface area (Å²) >= 11 is 0. The summed E-state index contributed by atoms with van der Waals surface area (Å²) in [6, 6.07) is 6.01. The number of epoxide rings is 1. The second kappa shape index (κ2) is 13.7. The van der Waals surface area contributed by atoms with Crippen LogP contribution in [-0.2, 0) is 4.74 Å². The van der Waals surface area contributed by atoms with Crippen molar-refractivity contribution in [1.82, 2.24) is 4.98 Å². The molecule has 26 heavy (non-hydrogen) atoms. The Kier molecular flexibility index (Phi) is 12.4. The van der Waals surface area contributed by atoms with Crippen molar-refractivity contribution >= 4 is 6.08 Å². The standard InChI is InChI=1S/C22H33NO2.Na.H/c1-3-5-7-8-9-10-13-19(24)17-16-18-12-11-14-20(23-18)22-21(25-22)15-6-4-2;;/h9-12,14,16-17,19,21-22,24H,3-8,13,15H2,1-2H3;;/q;+1;-1/b10-9+,17-16+;;. The summed E-state index contributed by atoms with van der Waals surface area (Å²) in [4.78, 5) is 4.65. The summed E-state index contributed by atoms with van der Waals surface area (Å²) < 4.78 is 5.73. The van der Waals surface area contributed by atoms with Crippen LogP contribution in [0, 0.1) is 0 Å². The molecular formula is C22H34NNaO2. The summed E-state index contributed by atoms with van der Waals surface area (Å²) in [5.74, 6) is 0. The number of pyridine rings is 1. The van der Waals surface area contributed by atoms with Gasteiger partial charge in [0.2, 0.25) is 0 Å². The molecule has 0 amide bonds. The Bertz CT molecular complexity index is 565. The number of aliphatic hydroxyl groups excluding tert-OH is 1. The molecule has 0 aliphatic carbocycles. The number of nitrogens with zero attached hydrogens (tertiary/aromatic N) is 1. The van der Waals surface area contributed by atoms with Crippen LogP contribution in [0.5, 0.6) is 0 Å². The molecule has 1 N–H and O–H groups in total. The topological polar surface area (TPSA) is 45.6 Å². The smallest absolute Gasteiger partial charge is 1.00 e. The van der Waals surface area contributed by atoms with E-state index in [0.29, 0.717) is 12.5 Å². The Hall–Kier alpha value is -0.450. The summed E-state index contributed by atoms with van der Waals surface area (Å²) in [5, 5.41) is 10.1. The number of ether oxygens (including phenoxy) is 1. The van der Waals surface area contributed by atoms with Crippen molar-refractivity contribution in [2.45, 2.75) is 83.5 Å². The fourth-order valence-corrected chi connectivity index (χ4v) is 2.90. The van der Waals surface area contributed by atoms with Gasteiger partial charge >= 0.3 is 29.6 Å². The maximum atomic E-state index is 10.1. The minimum Gasteiger partial charge on any atom is -1.00 e. The van der Waals surface area contributed by atoms with Crippen molar-refractivity contribution in [3.05, 3.63) is 47.8 Å². The van der Waals surface area contributed by atoms with Crippen molar-refractivity contribution in [1.29, 1.82) is 0 Å². The van der Waals surface area contributed by atoms with Gasteiger partial charge in [0.15, 0.2) is 0 Å². The second-order valence-corrected chi connectivity index (χ2v) is 6.85. The van der Waals surface area contributed by atoms with E-state index in [1.807, 2.05) is 30.4 Å². The third-order valence-corrected chi connectivity index (χ3v) is 4.52. The van der Waals surface area contributed by atoms with Crippen LogP contribution < -0.4 is 29.6 Å². The molecule has 0 spiro atoms. The van der Waals surface area contributed by atoms with Crippen molar-refractivity contribution < 1.29 is 40.8 Å². The van der Waals surface area contributed by atoms with Crippen LogP contribution in [0.1, 0.15) is 84.1 Å². The molecule has 0 aromatic carbocycles. The zero-order valence-corrected chi connectivity index (χ0v) is 18.7. The number of aromatic nitrogens is 1. The monoisotopic (exact) mass is 367 g/mol. The van der Waals surface area contributed by atoms with Crippen molar-refractivity contribution in [2.24, 2.45) is 0 Å². The summed E-state index contributed by atoms with van der Waals surface area (Å²) in [5.41, 5.74) is 1.89. The number of rotatable bonds is 12. The van der Waals surface area contributed by atoms with Gasteiger partial charge in [0.1, 0.15) is 6.10 Å². The molecule has 1 aliphatic rings. The van der Waals surface area contributed by atoms with Crippen LogP contribution in [0.15, 0.2) is 36.4 Å². The predicted octanol–water partition coefficient (Wildman–Crippen LogP) is 2.73. The van der Waals surface area contributed by atoms with Crippen molar-refractivity contribution in [3.63, 3.8) is 0 Å². The molecule has 4 heteroatoms. The number of aliphatic hydroxyl groups is 1. The maximum absolute atomic E-state index is 10.1. The van der Waals surface area contributed by atoms with E-state index in [1.54, 1.807) is 0 Å². The Labute approximate surface area is 182 Å². The van der Waals surface area contributed by atoms with Gasteiger partial charge in [-0.25, -0.2) is 0 Å². The van der Waals surface area contributed by atoms with Crippen LogP contribution in [0.4, 0.5) is 0 Å². The van der Waals surface area contributed by atoms with E-state index in [9.17, 15) is 5.11 Å². The summed E-state index contributed by atoms with van der Waals surface area (Å²) in [7, 11) is 0. The quantitative estimate of drug-likeness (QED) is 0.267. The molecule has 0 radical (unpaired) electrons. The van der Waals surface area contributed by atoms with Gasteiger partial charge in [0.05, 0.1) is 23.6 Å². The van der Waals surface area contributed by atoms with Gasteiger partial charge in [-0.1, -0.05) is 63.8 Å². The fourth-order valence-electron chi connectivity index (χ4n) is 2.90. The average Bonchev–Trinajstić information content (AvgIpc) is 3.41. The predicted molar refractivity (Wildman–Crippen MR) is 105 cm³/mol. The molecule has 3 unspecified atom stereocenters. The molecule has 1 saturated heterocycles. The van der Waals surface area contributed by atoms with Crippen LogP contribution >= 0.6 is 0 Å². The van der Waals surface area contributed by atoms with Crippen molar-refractivity contribution in [2.75, 3.05) is 0 Å². The number of hydrogen-bond acceptors (Lipinski definition) is 3. The Morgan fingerprint density at radius 3 is 2.77 bits per heavy atom. The zero-order chi connectivity index (χ0) is 17.9. The molecule has 1 fully saturated rings. The first kappa shape index (κ1) is 23.6. The molecule has 1 aromatic rings. The zero-order valence-electron chi connectivity index (χ0n) is 17.7. The largest absolute Gasteiger partial charge is 1.00 e. The van der Waals surface area contributed by atoms with Gasteiger partial charge in [0, 0.05) is 0 Å². The van der Waals surface area contributed by atoms with E-state index >= 15 is 0 Å². The first-order chi connectivity index (χ1) is 12.2. The van der Waals surface area contributed by atoms with E-state index in [0.717, 1.165) is 24.2 Å². The van der Waals surface area contributed by atoms with Gasteiger partial charge in [-0.2, -0.15) is 0 Å². The van der Waals surface area contributed by atoms with Gasteiger partial charge in [0.25, 0.3) is 0 Å². The number of hydrogen-bond donors (Lipinski definition) is 1. The third kappa shape index (κ3) is 8.96. The molecule has 2 rings (SSSR count). The summed E-state index contributed by atoms with van der Waals surface area (Å²) in [6.07, 6.45) is 17.1. The Morgan fingerprint density at radius 1 is 1.19 bits per heavy atom. The molecule has 1 aromatic heterocycles. The number of allylic oxidation sites excluding steroid dienone is 1. The molecule has 3 nitrogen and oxygen atoms in total. The van der Waals surface area contributed by atoms with Gasteiger partial charge in [-0.05, 0) is 43.9 Å². The molecular weight excluding hydrogens is 333 g/mol. The second-order valence-electron chi connectivity index (χ2n) is 6.85. The molecule has 3 atom stereocenters. The van der Waals surface area contributed by atoms with Crippen LogP contribution in [0.25, 0.3) is 6.08 Å². The van der Waals surface area contributed by atoms with E-state index in [4.69, 9.17) is 4.74 Å². The molecule has 0 saturated carbocycles. The first-order valence-electron chi connectivity index (χ1n) is 9.88. The van der Waals surface area contributed by atoms with Gasteiger partial charge in [-0.15, -0.1) is 0 Å². The Balaban J connectivity index is 0.00000338. The normalized spacial score (nSPS) is 20.4. The van der Waals surface area contributed by atoms with Crippen molar-refractivity contribution in [3.8, 4) is 0 Å². The average molecular weight is 368 g/mol. The van der Waals surface area contributed by atoms with Crippen LogP contribution in [0.3, 0.4) is 0 Å². The van der Waals surface area contributed by atoms with E-state index in [1.165, 1.54) is 32.1 Å². The van der Waals surface area contributed by atoms with Gasteiger partial charge in [-0.3, -0.25) is 4.98 Å². The summed E-state index contributed by atoms with van der Waals surface area (Å²) in [6.45, 7) is 4.41. The maximum Gasteiger partial charge on any atom is 1.00 e. The van der Waals surface area contributed by atoms with Crippen LogP contribution in [0.2, 0.25) is 0 Å². The molecule has 1 aliphatic heterocycles.